The van der Waals surface area contributed by atoms with E-state index in [0.29, 0.717) is 12.5 Å². The van der Waals surface area contributed by atoms with Crippen LogP contribution in [-0.4, -0.2) is 33.5 Å². The van der Waals surface area contributed by atoms with Crippen molar-refractivity contribution in [2.75, 3.05) is 6.54 Å². The fourth-order valence-corrected chi connectivity index (χ4v) is 3.81. The quantitative estimate of drug-likeness (QED) is 0.844. The molecule has 0 spiro atoms. The van der Waals surface area contributed by atoms with E-state index < -0.39 is 0 Å². The number of nitrogens with one attached hydrogen (secondary N) is 1. The van der Waals surface area contributed by atoms with Gasteiger partial charge in [-0.25, -0.2) is 0 Å². The van der Waals surface area contributed by atoms with Crippen molar-refractivity contribution >= 4 is 11.8 Å². The van der Waals surface area contributed by atoms with Gasteiger partial charge in [-0.3, -0.25) is 19.6 Å². The number of H-pyrrole nitrogens is 1. The van der Waals surface area contributed by atoms with E-state index in [2.05, 4.69) is 17.1 Å². The summed E-state index contributed by atoms with van der Waals surface area (Å²) in [6.07, 6.45) is 6.38. The van der Waals surface area contributed by atoms with E-state index in [1.807, 2.05) is 13.1 Å². The standard InChI is InChI=1S/C16H23N3O2/c1-3-11-7-13-14(8-11)16(21)19(15(13)20)6-4-5-12-9-17-18-10(12)2/h9,11,13-14H,3-8H2,1-2H3,(H,17,18). The van der Waals surface area contributed by atoms with Crippen LogP contribution in [-0.2, 0) is 16.0 Å². The fraction of sp³-hybridized carbons (Fsp3) is 0.688. The zero-order valence-corrected chi connectivity index (χ0v) is 12.8. The van der Waals surface area contributed by atoms with Crippen LogP contribution in [0, 0.1) is 24.7 Å². The summed E-state index contributed by atoms with van der Waals surface area (Å²) in [5.41, 5.74) is 2.23. The number of aromatic amines is 1. The predicted molar refractivity (Wildman–Crippen MR) is 78.4 cm³/mol. The third kappa shape index (κ3) is 2.49. The monoisotopic (exact) mass is 289 g/mol. The number of aryl methyl sites for hydroxylation is 2. The maximum absolute atomic E-state index is 12.4. The van der Waals surface area contributed by atoms with Crippen molar-refractivity contribution < 1.29 is 9.59 Å². The number of carbonyl (C=O) groups excluding carboxylic acids is 2. The maximum Gasteiger partial charge on any atom is 0.233 e. The highest BCUT2D eigenvalue weighted by Crippen LogP contribution is 2.44. The van der Waals surface area contributed by atoms with Crippen LogP contribution in [0.1, 0.15) is 43.9 Å². The highest BCUT2D eigenvalue weighted by Gasteiger charge is 2.51. The zero-order valence-electron chi connectivity index (χ0n) is 12.8. The highest BCUT2D eigenvalue weighted by atomic mass is 16.2. The lowest BCUT2D eigenvalue weighted by molar-refractivity contribution is -0.140. The normalized spacial score (nSPS) is 28.5. The van der Waals surface area contributed by atoms with Gasteiger partial charge in [-0.1, -0.05) is 13.3 Å². The summed E-state index contributed by atoms with van der Waals surface area (Å²) >= 11 is 0. The molecule has 2 unspecified atom stereocenters. The predicted octanol–water partition coefficient (Wildman–Crippen LogP) is 2.07. The summed E-state index contributed by atoms with van der Waals surface area (Å²) in [5.74, 6) is 0.648. The van der Waals surface area contributed by atoms with Gasteiger partial charge in [0.2, 0.25) is 11.8 Å². The molecule has 1 aromatic heterocycles. The minimum atomic E-state index is -0.0295. The maximum atomic E-state index is 12.4. The number of likely N-dealkylation sites (tertiary alicyclic amines) is 1. The first-order valence-corrected chi connectivity index (χ1v) is 7.95. The smallest absolute Gasteiger partial charge is 0.233 e. The Hall–Kier alpha value is -1.65. The van der Waals surface area contributed by atoms with Crippen molar-refractivity contribution in [3.8, 4) is 0 Å². The molecule has 114 valence electrons. The molecule has 1 N–H and O–H groups in total. The van der Waals surface area contributed by atoms with Crippen molar-refractivity contribution in [2.24, 2.45) is 17.8 Å². The SMILES string of the molecule is CCC1CC2C(=O)N(CCCc3cn[nH]c3C)C(=O)C2C1. The van der Waals surface area contributed by atoms with Crippen LogP contribution in [0.15, 0.2) is 6.20 Å². The van der Waals surface area contributed by atoms with Gasteiger partial charge in [0.25, 0.3) is 0 Å². The van der Waals surface area contributed by atoms with Crippen LogP contribution in [0.2, 0.25) is 0 Å². The van der Waals surface area contributed by atoms with Gasteiger partial charge in [-0.15, -0.1) is 0 Å². The van der Waals surface area contributed by atoms with Gasteiger partial charge in [-0.05, 0) is 44.1 Å². The molecule has 0 bridgehead atoms. The number of amides is 2. The number of nitrogens with zero attached hydrogens (tertiary/aromatic N) is 2. The molecule has 0 aromatic carbocycles. The van der Waals surface area contributed by atoms with E-state index in [4.69, 9.17) is 0 Å². The van der Waals surface area contributed by atoms with Crippen LogP contribution in [0.4, 0.5) is 0 Å². The zero-order chi connectivity index (χ0) is 15.0. The van der Waals surface area contributed by atoms with Crippen LogP contribution in [0.5, 0.6) is 0 Å². The molecule has 1 saturated carbocycles. The Morgan fingerprint density at radius 3 is 2.48 bits per heavy atom. The van der Waals surface area contributed by atoms with Gasteiger partial charge >= 0.3 is 0 Å². The van der Waals surface area contributed by atoms with Crippen molar-refractivity contribution in [1.82, 2.24) is 15.1 Å². The minimum Gasteiger partial charge on any atom is -0.283 e. The Labute approximate surface area is 125 Å². The molecule has 21 heavy (non-hydrogen) atoms. The fourth-order valence-electron chi connectivity index (χ4n) is 3.81. The second-order valence-electron chi connectivity index (χ2n) is 6.41. The molecule has 1 saturated heterocycles. The van der Waals surface area contributed by atoms with E-state index in [1.54, 1.807) is 0 Å². The molecular weight excluding hydrogens is 266 g/mol. The van der Waals surface area contributed by atoms with E-state index in [1.165, 1.54) is 10.5 Å². The summed E-state index contributed by atoms with van der Waals surface area (Å²) < 4.78 is 0. The molecule has 0 radical (unpaired) electrons. The lowest BCUT2D eigenvalue weighted by atomic mass is 10.00. The lowest BCUT2D eigenvalue weighted by Crippen LogP contribution is -2.33. The van der Waals surface area contributed by atoms with E-state index in [9.17, 15) is 9.59 Å². The Bertz CT molecular complexity index is 527. The van der Waals surface area contributed by atoms with Crippen LogP contribution < -0.4 is 0 Å². The molecule has 5 heteroatoms. The number of aromatic nitrogens is 2. The lowest BCUT2D eigenvalue weighted by Gasteiger charge is -2.17. The summed E-state index contributed by atoms with van der Waals surface area (Å²) in [7, 11) is 0. The topological polar surface area (TPSA) is 66.1 Å². The van der Waals surface area contributed by atoms with Gasteiger partial charge in [0.1, 0.15) is 0 Å². The largest absolute Gasteiger partial charge is 0.283 e. The first-order valence-electron chi connectivity index (χ1n) is 7.95. The van der Waals surface area contributed by atoms with Crippen LogP contribution in [0.3, 0.4) is 0 Å². The molecule has 2 heterocycles. The van der Waals surface area contributed by atoms with Gasteiger partial charge < -0.3 is 0 Å². The van der Waals surface area contributed by atoms with Crippen LogP contribution >= 0.6 is 0 Å². The van der Waals surface area contributed by atoms with E-state index in [-0.39, 0.29) is 23.7 Å². The molecule has 3 rings (SSSR count). The van der Waals surface area contributed by atoms with Crippen molar-refractivity contribution in [2.45, 2.75) is 46.0 Å². The second-order valence-corrected chi connectivity index (χ2v) is 6.41. The summed E-state index contributed by atoms with van der Waals surface area (Å²) in [6.45, 7) is 4.68. The Morgan fingerprint density at radius 2 is 1.95 bits per heavy atom. The van der Waals surface area contributed by atoms with E-state index in [0.717, 1.165) is 37.8 Å². The van der Waals surface area contributed by atoms with Gasteiger partial charge in [0.05, 0.1) is 18.0 Å². The average molecular weight is 289 g/mol. The van der Waals surface area contributed by atoms with Crippen molar-refractivity contribution in [3.05, 3.63) is 17.5 Å². The molecule has 1 aliphatic carbocycles. The average Bonchev–Trinajstić information content (AvgIpc) is 3.13. The third-order valence-electron chi connectivity index (χ3n) is 5.17. The summed E-state index contributed by atoms with van der Waals surface area (Å²) in [5, 5.41) is 6.90. The summed E-state index contributed by atoms with van der Waals surface area (Å²) in [6, 6.07) is 0. The number of carbonyl (C=O) groups is 2. The molecule has 2 fully saturated rings. The molecule has 2 amide bonds. The first kappa shape index (κ1) is 14.3. The van der Waals surface area contributed by atoms with Gasteiger partial charge in [0, 0.05) is 12.2 Å². The minimum absolute atomic E-state index is 0.0295. The van der Waals surface area contributed by atoms with Crippen LogP contribution in [0.25, 0.3) is 0 Å². The second kappa shape index (κ2) is 5.62. The Balaban J connectivity index is 1.57. The number of imide groups is 1. The summed E-state index contributed by atoms with van der Waals surface area (Å²) in [4.78, 5) is 26.3. The molecule has 1 aromatic rings. The molecule has 1 aliphatic heterocycles. The number of fused-ring (bicyclic) bond motifs is 1. The molecule has 2 atom stereocenters. The van der Waals surface area contributed by atoms with Gasteiger partial charge in [0.15, 0.2) is 0 Å². The Morgan fingerprint density at radius 1 is 1.29 bits per heavy atom. The highest BCUT2D eigenvalue weighted by molar-refractivity contribution is 6.05. The number of hydrogen-bond donors (Lipinski definition) is 1. The number of hydrogen-bond acceptors (Lipinski definition) is 3. The first-order chi connectivity index (χ1) is 10.1. The third-order valence-corrected chi connectivity index (χ3v) is 5.17. The van der Waals surface area contributed by atoms with Crippen molar-refractivity contribution in [3.63, 3.8) is 0 Å². The van der Waals surface area contributed by atoms with Crippen molar-refractivity contribution in [1.29, 1.82) is 0 Å². The Kier molecular flexibility index (Phi) is 3.83. The molecular formula is C16H23N3O2. The molecule has 2 aliphatic rings. The molecule has 5 nitrogen and oxygen atoms in total. The van der Waals surface area contributed by atoms with Gasteiger partial charge in [-0.2, -0.15) is 5.10 Å². The van der Waals surface area contributed by atoms with E-state index >= 15 is 0 Å². The number of rotatable bonds is 5.